The van der Waals surface area contributed by atoms with Crippen molar-refractivity contribution in [3.63, 3.8) is 0 Å². The Morgan fingerprint density at radius 2 is 1.79 bits per heavy atom. The Balaban J connectivity index is 1.95. The largest absolute Gasteiger partial charge is 0.321 e. The van der Waals surface area contributed by atoms with Crippen LogP contribution in [0.4, 0.5) is 5.69 Å². The van der Waals surface area contributed by atoms with Crippen LogP contribution in [0, 0.1) is 39.0 Å². The first-order valence-electron chi connectivity index (χ1n) is 9.15. The average Bonchev–Trinajstić information content (AvgIpc) is 2.94. The molecule has 0 saturated heterocycles. The van der Waals surface area contributed by atoms with Crippen LogP contribution in [-0.2, 0) is 4.79 Å². The first-order chi connectivity index (χ1) is 13.4. The summed E-state index contributed by atoms with van der Waals surface area (Å²) in [5, 5.41) is 12.4. The molecule has 1 N–H and O–H groups in total. The van der Waals surface area contributed by atoms with E-state index in [0.29, 0.717) is 5.69 Å². The van der Waals surface area contributed by atoms with Gasteiger partial charge in [-0.1, -0.05) is 30.3 Å². The minimum absolute atomic E-state index is 0.0766. The number of rotatable bonds is 4. The Bertz CT molecular complexity index is 1110. The van der Waals surface area contributed by atoms with E-state index in [-0.39, 0.29) is 5.57 Å². The summed E-state index contributed by atoms with van der Waals surface area (Å²) in [6, 6.07) is 19.8. The summed E-state index contributed by atoms with van der Waals surface area (Å²) in [5.41, 5.74) is 6.87. The van der Waals surface area contributed by atoms with Crippen LogP contribution in [-0.4, -0.2) is 10.5 Å². The van der Waals surface area contributed by atoms with Gasteiger partial charge in [0.05, 0.1) is 0 Å². The third-order valence-corrected chi connectivity index (χ3v) is 4.79. The van der Waals surface area contributed by atoms with Crippen LogP contribution in [0.25, 0.3) is 11.8 Å². The normalized spacial score (nSPS) is 11.2. The predicted octanol–water partition coefficient (Wildman–Crippen LogP) is 5.26. The second kappa shape index (κ2) is 7.98. The second-order valence-electron chi connectivity index (χ2n) is 6.94. The highest BCUT2D eigenvalue weighted by atomic mass is 16.1. The molecule has 1 aromatic heterocycles. The van der Waals surface area contributed by atoms with Crippen molar-refractivity contribution in [2.45, 2.75) is 27.7 Å². The topological polar surface area (TPSA) is 57.8 Å². The number of hydrogen-bond acceptors (Lipinski definition) is 2. The number of aryl methyl sites for hydroxylation is 3. The second-order valence-corrected chi connectivity index (χ2v) is 6.94. The van der Waals surface area contributed by atoms with Gasteiger partial charge in [0, 0.05) is 22.8 Å². The maximum Gasteiger partial charge on any atom is 0.266 e. The van der Waals surface area contributed by atoms with Crippen molar-refractivity contribution in [2.75, 3.05) is 5.32 Å². The quantitative estimate of drug-likeness (QED) is 0.504. The maximum absolute atomic E-state index is 12.6. The number of nitriles is 1. The number of hydrogen-bond donors (Lipinski definition) is 1. The molecule has 2 aromatic carbocycles. The van der Waals surface area contributed by atoms with E-state index in [1.165, 1.54) is 5.56 Å². The van der Waals surface area contributed by atoms with Crippen LogP contribution >= 0.6 is 0 Å². The number of aromatic nitrogens is 1. The third kappa shape index (κ3) is 3.89. The summed E-state index contributed by atoms with van der Waals surface area (Å²) in [6.45, 7) is 7.99. The molecule has 0 aliphatic carbocycles. The molecule has 4 nitrogen and oxygen atoms in total. The molecule has 3 rings (SSSR count). The molecular weight excluding hydrogens is 346 g/mol. The van der Waals surface area contributed by atoms with Crippen molar-refractivity contribution in [1.29, 1.82) is 5.26 Å². The number of nitrogens with one attached hydrogen (secondary N) is 1. The number of para-hydroxylation sites is 1. The summed E-state index contributed by atoms with van der Waals surface area (Å²) in [7, 11) is 0. The van der Waals surface area contributed by atoms with E-state index < -0.39 is 5.91 Å². The Kier molecular flexibility index (Phi) is 5.47. The number of carbonyl (C=O) groups is 1. The Morgan fingerprint density at radius 1 is 1.04 bits per heavy atom. The molecule has 0 aliphatic rings. The van der Waals surface area contributed by atoms with Crippen LogP contribution in [0.2, 0.25) is 0 Å². The number of benzene rings is 2. The minimum atomic E-state index is -0.405. The molecule has 3 aromatic rings. The van der Waals surface area contributed by atoms with Gasteiger partial charge in [-0.15, -0.1) is 0 Å². The lowest BCUT2D eigenvalue weighted by Gasteiger charge is -2.10. The van der Waals surface area contributed by atoms with Gasteiger partial charge in [0.2, 0.25) is 0 Å². The van der Waals surface area contributed by atoms with Crippen LogP contribution < -0.4 is 5.32 Å². The van der Waals surface area contributed by atoms with Gasteiger partial charge in [-0.25, -0.2) is 0 Å². The van der Waals surface area contributed by atoms with Crippen LogP contribution in [0.1, 0.15) is 28.1 Å². The van der Waals surface area contributed by atoms with Crippen LogP contribution in [0.5, 0.6) is 0 Å². The summed E-state index contributed by atoms with van der Waals surface area (Å²) >= 11 is 0. The zero-order valence-corrected chi connectivity index (χ0v) is 16.6. The smallest absolute Gasteiger partial charge is 0.266 e. The molecule has 1 amide bonds. The van der Waals surface area contributed by atoms with Gasteiger partial charge in [-0.3, -0.25) is 4.79 Å². The third-order valence-electron chi connectivity index (χ3n) is 4.79. The predicted molar refractivity (Wildman–Crippen MR) is 113 cm³/mol. The fourth-order valence-corrected chi connectivity index (χ4v) is 3.31. The Morgan fingerprint density at radius 3 is 2.46 bits per heavy atom. The number of carbonyl (C=O) groups excluding carboxylic acids is 1. The van der Waals surface area contributed by atoms with E-state index in [4.69, 9.17) is 0 Å². The van der Waals surface area contributed by atoms with Gasteiger partial charge in [0.15, 0.2) is 0 Å². The molecule has 0 spiro atoms. The van der Waals surface area contributed by atoms with E-state index >= 15 is 0 Å². The van der Waals surface area contributed by atoms with E-state index in [2.05, 4.69) is 35.0 Å². The van der Waals surface area contributed by atoms with Crippen molar-refractivity contribution >= 4 is 17.7 Å². The van der Waals surface area contributed by atoms with Gasteiger partial charge in [-0.05, 0) is 74.7 Å². The maximum atomic E-state index is 12.6. The number of nitrogens with zero attached hydrogens (tertiary/aromatic N) is 2. The molecule has 140 valence electrons. The minimum Gasteiger partial charge on any atom is -0.321 e. The summed E-state index contributed by atoms with van der Waals surface area (Å²) in [6.07, 6.45) is 1.65. The Labute approximate surface area is 165 Å². The summed E-state index contributed by atoms with van der Waals surface area (Å²) in [5.74, 6) is -0.405. The van der Waals surface area contributed by atoms with Gasteiger partial charge in [0.25, 0.3) is 5.91 Å². The molecule has 0 aliphatic heterocycles. The zero-order valence-electron chi connectivity index (χ0n) is 16.6. The first-order valence-corrected chi connectivity index (χ1v) is 9.15. The average molecular weight is 369 g/mol. The van der Waals surface area contributed by atoms with Gasteiger partial charge in [0.1, 0.15) is 11.6 Å². The van der Waals surface area contributed by atoms with E-state index in [1.54, 1.807) is 6.08 Å². The monoisotopic (exact) mass is 369 g/mol. The van der Waals surface area contributed by atoms with Crippen LogP contribution in [0.3, 0.4) is 0 Å². The first kappa shape index (κ1) is 19.2. The molecule has 0 fully saturated rings. The number of amides is 1. The van der Waals surface area contributed by atoms with Gasteiger partial charge in [-0.2, -0.15) is 5.26 Å². The Hall–Kier alpha value is -3.58. The van der Waals surface area contributed by atoms with E-state index in [9.17, 15) is 10.1 Å². The molecular formula is C24H23N3O. The van der Waals surface area contributed by atoms with Crippen molar-refractivity contribution in [2.24, 2.45) is 0 Å². The highest BCUT2D eigenvalue weighted by Gasteiger charge is 2.14. The fraction of sp³-hybridized carbons (Fsp3) is 0.167. The molecule has 0 radical (unpaired) electrons. The zero-order chi connectivity index (χ0) is 20.3. The SMILES string of the molecule is Cc1cccc(-n2c(C)cc(/C=C(/C#N)C(=O)Nc3ccccc3C)c2C)c1. The molecule has 1 heterocycles. The van der Waals surface area contributed by atoms with Crippen molar-refractivity contribution in [3.05, 3.63) is 88.2 Å². The van der Waals surface area contributed by atoms with Crippen LogP contribution in [0.15, 0.2) is 60.2 Å². The van der Waals surface area contributed by atoms with E-state index in [1.807, 2.05) is 63.2 Å². The molecule has 4 heteroatoms. The van der Waals surface area contributed by atoms with Gasteiger partial charge < -0.3 is 9.88 Å². The molecule has 0 unspecified atom stereocenters. The van der Waals surface area contributed by atoms with Crippen molar-refractivity contribution < 1.29 is 4.79 Å². The molecule has 0 bridgehead atoms. The van der Waals surface area contributed by atoms with Crippen molar-refractivity contribution in [3.8, 4) is 11.8 Å². The standard InChI is InChI=1S/C24H23N3O/c1-16-8-7-10-22(12-16)27-18(3)13-20(19(27)4)14-21(15-25)24(28)26-23-11-6-5-9-17(23)2/h5-14H,1-4H3,(H,26,28)/b21-14-. The summed E-state index contributed by atoms with van der Waals surface area (Å²) in [4.78, 5) is 12.6. The molecule has 0 saturated carbocycles. The highest BCUT2D eigenvalue weighted by molar-refractivity contribution is 6.10. The van der Waals surface area contributed by atoms with Crippen molar-refractivity contribution in [1.82, 2.24) is 4.57 Å². The lowest BCUT2D eigenvalue weighted by atomic mass is 10.1. The van der Waals surface area contributed by atoms with Gasteiger partial charge >= 0.3 is 0 Å². The lowest BCUT2D eigenvalue weighted by Crippen LogP contribution is -2.14. The number of anilines is 1. The fourth-order valence-electron chi connectivity index (χ4n) is 3.31. The molecule has 28 heavy (non-hydrogen) atoms. The lowest BCUT2D eigenvalue weighted by molar-refractivity contribution is -0.112. The molecule has 0 atom stereocenters. The highest BCUT2D eigenvalue weighted by Crippen LogP contribution is 2.24. The summed E-state index contributed by atoms with van der Waals surface area (Å²) < 4.78 is 2.13. The van der Waals surface area contributed by atoms with E-state index in [0.717, 1.165) is 28.2 Å².